The third kappa shape index (κ3) is 4.07. The van der Waals surface area contributed by atoms with Crippen LogP contribution in [-0.2, 0) is 6.54 Å². The predicted molar refractivity (Wildman–Crippen MR) is 102 cm³/mol. The smallest absolute Gasteiger partial charge is 0.329 e. The molecule has 0 radical (unpaired) electrons. The Kier molecular flexibility index (Phi) is 5.18. The minimum Gasteiger partial charge on any atom is -0.368 e. The fourth-order valence-electron chi connectivity index (χ4n) is 3.09. The summed E-state index contributed by atoms with van der Waals surface area (Å²) in [5, 5.41) is 0.720. The molecule has 0 atom stereocenters. The van der Waals surface area contributed by atoms with Gasteiger partial charge in [0.25, 0.3) is 5.56 Å². The van der Waals surface area contributed by atoms with Crippen LogP contribution in [-0.4, -0.2) is 35.7 Å². The molecule has 0 spiro atoms. The predicted octanol–water partition coefficient (Wildman–Crippen LogP) is 2.17. The molecule has 0 aliphatic carbocycles. The first kappa shape index (κ1) is 17.6. The van der Waals surface area contributed by atoms with Gasteiger partial charge in [0.1, 0.15) is 5.82 Å². The van der Waals surface area contributed by atoms with Crippen molar-refractivity contribution >= 4 is 23.1 Å². The Morgan fingerprint density at radius 3 is 2.36 bits per heavy atom. The Hall–Kier alpha value is -2.21. The zero-order valence-corrected chi connectivity index (χ0v) is 15.3. The van der Waals surface area contributed by atoms with Crippen LogP contribution in [0.15, 0.2) is 39.9 Å². The number of halogens is 1. The summed E-state index contributed by atoms with van der Waals surface area (Å²) in [6.07, 6.45) is 0. The molecule has 1 aromatic carbocycles. The lowest BCUT2D eigenvalue weighted by Gasteiger charge is -2.37. The fourth-order valence-corrected chi connectivity index (χ4v) is 3.28. The van der Waals surface area contributed by atoms with Gasteiger partial charge in [-0.3, -0.25) is 14.3 Å². The van der Waals surface area contributed by atoms with Gasteiger partial charge >= 0.3 is 5.69 Å². The molecule has 1 aromatic heterocycles. The Bertz CT molecular complexity index is 819. The molecule has 3 rings (SSSR count). The van der Waals surface area contributed by atoms with E-state index in [1.807, 2.05) is 43.0 Å². The van der Waals surface area contributed by atoms with Gasteiger partial charge in [0.15, 0.2) is 0 Å². The van der Waals surface area contributed by atoms with E-state index < -0.39 is 0 Å². The number of anilines is 2. The summed E-state index contributed by atoms with van der Waals surface area (Å²) in [6, 6.07) is 9.32. The molecule has 2 heterocycles. The van der Waals surface area contributed by atoms with Crippen molar-refractivity contribution in [1.29, 1.82) is 0 Å². The first-order chi connectivity index (χ1) is 11.9. The molecule has 1 aliphatic rings. The lowest BCUT2D eigenvalue weighted by Crippen LogP contribution is -2.48. The molecule has 0 bridgehead atoms. The molecule has 1 fully saturated rings. The van der Waals surface area contributed by atoms with Gasteiger partial charge < -0.3 is 9.80 Å². The third-order valence-electron chi connectivity index (χ3n) is 4.35. The minimum atomic E-state index is -0.339. The third-order valence-corrected chi connectivity index (χ3v) is 4.58. The van der Waals surface area contributed by atoms with Crippen molar-refractivity contribution < 1.29 is 0 Å². The van der Waals surface area contributed by atoms with Crippen LogP contribution >= 0.6 is 11.6 Å². The Morgan fingerprint density at radius 2 is 1.76 bits per heavy atom. The second-order valence-corrected chi connectivity index (χ2v) is 7.19. The Balaban J connectivity index is 1.73. The number of hydrogen-bond donors (Lipinski definition) is 1. The highest BCUT2D eigenvalue weighted by Crippen LogP contribution is 2.21. The van der Waals surface area contributed by atoms with E-state index in [0.29, 0.717) is 12.4 Å². The number of hydrogen-bond acceptors (Lipinski definition) is 4. The van der Waals surface area contributed by atoms with Crippen molar-refractivity contribution in [3.05, 3.63) is 56.2 Å². The minimum absolute atomic E-state index is 0.242. The van der Waals surface area contributed by atoms with E-state index in [-0.39, 0.29) is 17.2 Å². The van der Waals surface area contributed by atoms with Crippen LogP contribution in [0.25, 0.3) is 0 Å². The van der Waals surface area contributed by atoms with Crippen LogP contribution in [0.3, 0.4) is 0 Å². The molecule has 0 amide bonds. The van der Waals surface area contributed by atoms with E-state index in [1.54, 1.807) is 0 Å². The number of aromatic nitrogens is 2. The van der Waals surface area contributed by atoms with E-state index >= 15 is 0 Å². The van der Waals surface area contributed by atoms with Crippen molar-refractivity contribution in [2.45, 2.75) is 20.4 Å². The molecule has 1 saturated heterocycles. The van der Waals surface area contributed by atoms with Crippen LogP contribution in [0.5, 0.6) is 0 Å². The molecule has 1 N–H and O–H groups in total. The summed E-state index contributed by atoms with van der Waals surface area (Å²) < 4.78 is 1.26. The number of nitrogens with one attached hydrogen (secondary N) is 1. The second-order valence-electron chi connectivity index (χ2n) is 6.76. The summed E-state index contributed by atoms with van der Waals surface area (Å²) >= 11 is 6.06. The monoisotopic (exact) mass is 362 g/mol. The number of rotatable bonds is 4. The van der Waals surface area contributed by atoms with Crippen molar-refractivity contribution in [3.63, 3.8) is 0 Å². The molecule has 0 unspecified atom stereocenters. The van der Waals surface area contributed by atoms with Crippen molar-refractivity contribution in [1.82, 2.24) is 9.55 Å². The summed E-state index contributed by atoms with van der Waals surface area (Å²) in [7, 11) is 0. The maximum absolute atomic E-state index is 12.3. The molecule has 0 saturated carbocycles. The lowest BCUT2D eigenvalue weighted by molar-refractivity contribution is 0.491. The van der Waals surface area contributed by atoms with Crippen LogP contribution in [0.2, 0.25) is 5.02 Å². The quantitative estimate of drug-likeness (QED) is 0.905. The molecule has 1 aliphatic heterocycles. The van der Waals surface area contributed by atoms with Crippen molar-refractivity contribution in [2.75, 3.05) is 36.0 Å². The molecular weight excluding hydrogens is 340 g/mol. The van der Waals surface area contributed by atoms with E-state index in [4.69, 9.17) is 11.6 Å². The van der Waals surface area contributed by atoms with Gasteiger partial charge in [-0.2, -0.15) is 0 Å². The van der Waals surface area contributed by atoms with E-state index in [2.05, 4.69) is 9.88 Å². The van der Waals surface area contributed by atoms with Gasteiger partial charge in [0.05, 0.1) is 0 Å². The molecular formula is C18H23ClN4O2. The van der Waals surface area contributed by atoms with E-state index in [0.717, 1.165) is 36.9 Å². The maximum atomic E-state index is 12.3. The van der Waals surface area contributed by atoms with Crippen LogP contribution in [0, 0.1) is 5.92 Å². The normalized spacial score (nSPS) is 15.0. The van der Waals surface area contributed by atoms with Crippen LogP contribution in [0.1, 0.15) is 13.8 Å². The van der Waals surface area contributed by atoms with E-state index in [9.17, 15) is 9.59 Å². The first-order valence-electron chi connectivity index (χ1n) is 8.53. The standard InChI is InChI=1S/C18H23ClN4O2/c1-13(2)12-23-17(24)11-16(20-18(23)25)22-8-6-21(7-9-22)15-5-3-4-14(19)10-15/h3-5,10-11,13H,6-9,12H2,1-2H3,(H,20,25). The molecule has 7 heteroatoms. The van der Waals surface area contributed by atoms with Crippen LogP contribution < -0.4 is 21.0 Å². The Morgan fingerprint density at radius 1 is 1.08 bits per heavy atom. The highest BCUT2D eigenvalue weighted by Gasteiger charge is 2.19. The Labute approximate surface area is 151 Å². The topological polar surface area (TPSA) is 61.3 Å². The number of piperazine rings is 1. The zero-order valence-electron chi connectivity index (χ0n) is 14.5. The highest BCUT2D eigenvalue weighted by atomic mass is 35.5. The van der Waals surface area contributed by atoms with Gasteiger partial charge in [-0.25, -0.2) is 4.79 Å². The van der Waals surface area contributed by atoms with Crippen molar-refractivity contribution in [3.8, 4) is 0 Å². The number of nitrogens with zero attached hydrogens (tertiary/aromatic N) is 3. The highest BCUT2D eigenvalue weighted by molar-refractivity contribution is 6.30. The first-order valence-corrected chi connectivity index (χ1v) is 8.91. The zero-order chi connectivity index (χ0) is 18.0. The van der Waals surface area contributed by atoms with Gasteiger partial charge in [0, 0.05) is 49.5 Å². The second kappa shape index (κ2) is 7.35. The maximum Gasteiger partial charge on any atom is 0.329 e. The van der Waals surface area contributed by atoms with Crippen LogP contribution in [0.4, 0.5) is 11.5 Å². The molecule has 25 heavy (non-hydrogen) atoms. The molecule has 6 nitrogen and oxygen atoms in total. The van der Waals surface area contributed by atoms with Gasteiger partial charge in [-0.1, -0.05) is 31.5 Å². The average Bonchev–Trinajstić information content (AvgIpc) is 2.58. The van der Waals surface area contributed by atoms with Gasteiger partial charge in [-0.15, -0.1) is 0 Å². The number of aromatic amines is 1. The average molecular weight is 363 g/mol. The SMILES string of the molecule is CC(C)Cn1c(=O)cc(N2CCN(c3cccc(Cl)c3)CC2)[nH]c1=O. The number of benzene rings is 1. The molecule has 2 aromatic rings. The lowest BCUT2D eigenvalue weighted by atomic mass is 10.2. The summed E-state index contributed by atoms with van der Waals surface area (Å²) in [6.45, 7) is 7.46. The van der Waals surface area contributed by atoms with Gasteiger partial charge in [0.2, 0.25) is 0 Å². The summed E-state index contributed by atoms with van der Waals surface area (Å²) in [5.41, 5.74) is 0.506. The summed E-state index contributed by atoms with van der Waals surface area (Å²) in [5.74, 6) is 0.839. The van der Waals surface area contributed by atoms with E-state index in [1.165, 1.54) is 10.6 Å². The summed E-state index contributed by atoms with van der Waals surface area (Å²) in [4.78, 5) is 31.6. The van der Waals surface area contributed by atoms with Gasteiger partial charge in [-0.05, 0) is 24.1 Å². The number of H-pyrrole nitrogens is 1. The largest absolute Gasteiger partial charge is 0.368 e. The fraction of sp³-hybridized carbons (Fsp3) is 0.444. The van der Waals surface area contributed by atoms with Crippen molar-refractivity contribution in [2.24, 2.45) is 5.92 Å². The molecule has 134 valence electrons.